The zero-order chi connectivity index (χ0) is 23.8. The second-order valence-corrected chi connectivity index (χ2v) is 7.98. The Kier molecular flexibility index (Phi) is 5.82. The van der Waals surface area contributed by atoms with Crippen LogP contribution >= 0.6 is 11.6 Å². The molecule has 2 aromatic heterocycles. The number of pyridine rings is 1. The first-order valence-corrected chi connectivity index (χ1v) is 10.3. The summed E-state index contributed by atoms with van der Waals surface area (Å²) in [7, 11) is 0. The number of nitrogens with zero attached hydrogens (tertiary/aromatic N) is 5. The minimum Gasteiger partial charge on any atom is -0.375 e. The maximum absolute atomic E-state index is 13.3. The second kappa shape index (κ2) is 8.46. The van der Waals surface area contributed by atoms with E-state index in [2.05, 4.69) is 15.3 Å². The Labute approximate surface area is 191 Å². The average molecular weight is 472 g/mol. The first kappa shape index (κ1) is 22.7. The molecule has 6 nitrogen and oxygen atoms in total. The van der Waals surface area contributed by atoms with Gasteiger partial charge in [-0.05, 0) is 47.4 Å². The van der Waals surface area contributed by atoms with E-state index in [1.54, 1.807) is 30.3 Å². The van der Waals surface area contributed by atoms with E-state index in [9.17, 15) is 23.5 Å². The quantitative estimate of drug-likeness (QED) is 0.431. The van der Waals surface area contributed by atoms with Crippen LogP contribution in [-0.4, -0.2) is 31.3 Å². The van der Waals surface area contributed by atoms with E-state index < -0.39 is 23.9 Å². The molecule has 1 atom stereocenters. The summed E-state index contributed by atoms with van der Waals surface area (Å²) in [6, 6.07) is 16.3. The number of hydrogen-bond acceptors (Lipinski definition) is 5. The second-order valence-electron chi connectivity index (χ2n) is 7.54. The molecule has 0 amide bonds. The number of rotatable bonds is 5. The van der Waals surface area contributed by atoms with Crippen LogP contribution in [0.2, 0.25) is 5.02 Å². The lowest BCUT2D eigenvalue weighted by molar-refractivity contribution is -0.269. The number of aromatic nitrogens is 4. The van der Waals surface area contributed by atoms with Gasteiger partial charge in [0.2, 0.25) is 5.60 Å². The summed E-state index contributed by atoms with van der Waals surface area (Å²) in [6.07, 6.45) is -4.38. The molecule has 33 heavy (non-hydrogen) atoms. The smallest absolute Gasteiger partial charge is 0.375 e. The van der Waals surface area contributed by atoms with Crippen molar-refractivity contribution in [3.05, 3.63) is 76.7 Å². The Morgan fingerprint density at radius 2 is 1.94 bits per heavy atom. The molecule has 0 spiro atoms. The summed E-state index contributed by atoms with van der Waals surface area (Å²) < 4.78 is 41.1. The summed E-state index contributed by atoms with van der Waals surface area (Å²) in [4.78, 5) is 4.37. The fourth-order valence-corrected chi connectivity index (χ4v) is 3.79. The maximum Gasteiger partial charge on any atom is 0.423 e. The van der Waals surface area contributed by atoms with Crippen LogP contribution in [0.3, 0.4) is 0 Å². The van der Waals surface area contributed by atoms with Crippen molar-refractivity contribution in [1.29, 1.82) is 5.26 Å². The average Bonchev–Trinajstić information content (AvgIpc) is 3.25. The van der Waals surface area contributed by atoms with Gasteiger partial charge in [-0.25, -0.2) is 9.67 Å². The van der Waals surface area contributed by atoms with Crippen LogP contribution in [0.15, 0.2) is 54.7 Å². The molecule has 2 aromatic carbocycles. The van der Waals surface area contributed by atoms with Crippen LogP contribution < -0.4 is 0 Å². The third-order valence-corrected chi connectivity index (χ3v) is 5.65. The summed E-state index contributed by atoms with van der Waals surface area (Å²) in [5, 5.41) is 28.1. The van der Waals surface area contributed by atoms with E-state index in [4.69, 9.17) is 11.6 Å². The van der Waals surface area contributed by atoms with Crippen molar-refractivity contribution in [2.45, 2.75) is 31.7 Å². The molecule has 0 radical (unpaired) electrons. The predicted octanol–water partition coefficient (Wildman–Crippen LogP) is 5.23. The molecule has 0 aliphatic heterocycles. The molecule has 4 aromatic rings. The standard InChI is InChI=1S/C23H17ClF3N5O/c1-2-22(33,23(25,26)27)21-13-32(31-30-21)12-14-6-7-18-19(15-4-3-5-16(24)9-15)10-17(11-28)29-20(18)8-14/h3-10,13,33H,2,12H2,1H3/t22-/m0/s1. The van der Waals surface area contributed by atoms with Crippen LogP contribution in [0.1, 0.15) is 30.3 Å². The first-order chi connectivity index (χ1) is 15.6. The molecular formula is C23H17ClF3N5O. The van der Waals surface area contributed by atoms with E-state index >= 15 is 0 Å². The Bertz CT molecular complexity index is 1380. The minimum atomic E-state index is -4.88. The molecule has 0 saturated heterocycles. The molecule has 168 valence electrons. The van der Waals surface area contributed by atoms with Crippen molar-refractivity contribution in [2.75, 3.05) is 0 Å². The largest absolute Gasteiger partial charge is 0.423 e. The predicted molar refractivity (Wildman–Crippen MR) is 116 cm³/mol. The lowest BCUT2D eigenvalue weighted by Gasteiger charge is -2.26. The highest BCUT2D eigenvalue weighted by Crippen LogP contribution is 2.40. The fraction of sp³-hybridized carbons (Fsp3) is 0.217. The van der Waals surface area contributed by atoms with Gasteiger partial charge in [0.05, 0.1) is 18.3 Å². The van der Waals surface area contributed by atoms with Gasteiger partial charge < -0.3 is 5.11 Å². The number of aliphatic hydroxyl groups is 1. The molecule has 10 heteroatoms. The molecule has 0 aliphatic carbocycles. The third kappa shape index (κ3) is 4.27. The van der Waals surface area contributed by atoms with Gasteiger partial charge in [-0.3, -0.25) is 0 Å². The first-order valence-electron chi connectivity index (χ1n) is 9.94. The Balaban J connectivity index is 1.71. The van der Waals surface area contributed by atoms with Gasteiger partial charge >= 0.3 is 6.18 Å². The maximum atomic E-state index is 13.3. The topological polar surface area (TPSA) is 87.6 Å². The summed E-state index contributed by atoms with van der Waals surface area (Å²) in [5.74, 6) is 0. The van der Waals surface area contributed by atoms with E-state index in [0.717, 1.165) is 22.7 Å². The molecule has 4 rings (SSSR count). The van der Waals surface area contributed by atoms with Crippen molar-refractivity contribution in [3.8, 4) is 17.2 Å². The number of benzene rings is 2. The van der Waals surface area contributed by atoms with Gasteiger partial charge in [-0.2, -0.15) is 18.4 Å². The lowest BCUT2D eigenvalue weighted by atomic mass is 9.96. The molecule has 0 unspecified atom stereocenters. The van der Waals surface area contributed by atoms with Gasteiger partial charge in [-0.15, -0.1) is 5.10 Å². The van der Waals surface area contributed by atoms with Crippen LogP contribution in [-0.2, 0) is 12.1 Å². The summed E-state index contributed by atoms with van der Waals surface area (Å²) in [5.41, 5.74) is -0.572. The molecule has 0 bridgehead atoms. The number of alkyl halides is 3. The summed E-state index contributed by atoms with van der Waals surface area (Å²) in [6.45, 7) is 1.33. The van der Waals surface area contributed by atoms with Crippen LogP contribution in [0.5, 0.6) is 0 Å². The SMILES string of the molecule is CC[C@](O)(c1cn(Cc2ccc3c(-c4cccc(Cl)c4)cc(C#N)nc3c2)nn1)C(F)(F)F. The van der Waals surface area contributed by atoms with Crippen LogP contribution in [0.25, 0.3) is 22.0 Å². The Hall–Kier alpha value is -3.48. The Morgan fingerprint density at radius 3 is 2.61 bits per heavy atom. The van der Waals surface area contributed by atoms with Crippen molar-refractivity contribution >= 4 is 22.5 Å². The number of nitriles is 1. The van der Waals surface area contributed by atoms with E-state index in [0.29, 0.717) is 16.1 Å². The monoisotopic (exact) mass is 471 g/mol. The van der Waals surface area contributed by atoms with E-state index in [1.807, 2.05) is 24.3 Å². The van der Waals surface area contributed by atoms with Crippen molar-refractivity contribution in [2.24, 2.45) is 0 Å². The molecule has 0 saturated carbocycles. The normalized spacial score (nSPS) is 13.6. The highest BCUT2D eigenvalue weighted by molar-refractivity contribution is 6.30. The number of halogens is 4. The van der Waals surface area contributed by atoms with Gasteiger partial charge in [0.15, 0.2) is 0 Å². The highest BCUT2D eigenvalue weighted by Gasteiger charge is 2.55. The van der Waals surface area contributed by atoms with Crippen molar-refractivity contribution < 1.29 is 18.3 Å². The highest BCUT2D eigenvalue weighted by atomic mass is 35.5. The van der Waals surface area contributed by atoms with Gasteiger partial charge in [-0.1, -0.05) is 48.0 Å². The van der Waals surface area contributed by atoms with Gasteiger partial charge in [0, 0.05) is 10.4 Å². The third-order valence-electron chi connectivity index (χ3n) is 5.41. The number of fused-ring (bicyclic) bond motifs is 1. The molecule has 1 N–H and O–H groups in total. The molecule has 0 fully saturated rings. The van der Waals surface area contributed by atoms with Gasteiger partial charge in [0.1, 0.15) is 17.5 Å². The van der Waals surface area contributed by atoms with Crippen molar-refractivity contribution in [3.63, 3.8) is 0 Å². The lowest BCUT2D eigenvalue weighted by Crippen LogP contribution is -2.42. The van der Waals surface area contributed by atoms with Crippen molar-refractivity contribution in [1.82, 2.24) is 20.0 Å². The van der Waals surface area contributed by atoms with E-state index in [-0.39, 0.29) is 12.2 Å². The summed E-state index contributed by atoms with van der Waals surface area (Å²) >= 11 is 6.12. The van der Waals surface area contributed by atoms with Crippen LogP contribution in [0.4, 0.5) is 13.2 Å². The number of hydrogen-bond donors (Lipinski definition) is 1. The molecular weight excluding hydrogens is 455 g/mol. The molecule has 0 aliphatic rings. The zero-order valence-electron chi connectivity index (χ0n) is 17.3. The fourth-order valence-electron chi connectivity index (χ4n) is 3.60. The van der Waals surface area contributed by atoms with Gasteiger partial charge in [0.25, 0.3) is 0 Å². The Morgan fingerprint density at radius 1 is 1.15 bits per heavy atom. The zero-order valence-corrected chi connectivity index (χ0v) is 18.1. The molecule has 2 heterocycles. The van der Waals surface area contributed by atoms with E-state index in [1.165, 1.54) is 11.6 Å². The minimum absolute atomic E-state index is 0.103. The van der Waals surface area contributed by atoms with Crippen LogP contribution in [0, 0.1) is 11.3 Å².